The van der Waals surface area contributed by atoms with Crippen molar-refractivity contribution in [3.63, 3.8) is 0 Å². The Bertz CT molecular complexity index is 1250. The fraction of sp³-hybridized carbons (Fsp3) is 0.400. The van der Waals surface area contributed by atoms with Crippen LogP contribution >= 0.6 is 0 Å². The summed E-state index contributed by atoms with van der Waals surface area (Å²) in [4.78, 5) is 29.1. The van der Waals surface area contributed by atoms with E-state index in [1.807, 2.05) is 88.6 Å². The number of benzene rings is 2. The third-order valence-electron chi connectivity index (χ3n) is 7.30. The number of amides is 2. The van der Waals surface area contributed by atoms with E-state index in [1.165, 1.54) is 0 Å². The van der Waals surface area contributed by atoms with Crippen molar-refractivity contribution in [2.45, 2.75) is 43.9 Å². The zero-order valence-corrected chi connectivity index (χ0v) is 22.4. The first-order chi connectivity index (χ1) is 19.1. The summed E-state index contributed by atoms with van der Waals surface area (Å²) < 4.78 is 41.6. The molecule has 1 aliphatic rings. The quantitative estimate of drug-likeness (QED) is 0.332. The number of piperazine rings is 1. The Labute approximate surface area is 232 Å². The van der Waals surface area contributed by atoms with Crippen molar-refractivity contribution in [2.24, 2.45) is 5.73 Å². The van der Waals surface area contributed by atoms with Crippen molar-refractivity contribution in [3.8, 4) is 5.69 Å². The number of nitrogens with one attached hydrogen (secondary N) is 1. The number of rotatable bonds is 12. The van der Waals surface area contributed by atoms with Gasteiger partial charge in [0.1, 0.15) is 12.1 Å². The molecule has 0 bridgehead atoms. The Balaban J connectivity index is 1.60. The summed E-state index contributed by atoms with van der Waals surface area (Å²) in [6.07, 6.45) is 1.13. The van der Waals surface area contributed by atoms with Crippen LogP contribution in [0.25, 0.3) is 5.69 Å². The molecule has 0 aliphatic carbocycles. The van der Waals surface area contributed by atoms with E-state index >= 15 is 0 Å². The van der Waals surface area contributed by atoms with Crippen LogP contribution < -0.4 is 11.1 Å². The first kappa shape index (κ1) is 29.4. The molecular weight excluding hydrogens is 519 g/mol. The number of unbranched alkanes of at least 4 members (excludes halogenated alkanes) is 1. The fourth-order valence-electron chi connectivity index (χ4n) is 5.38. The van der Waals surface area contributed by atoms with Gasteiger partial charge in [0.2, 0.25) is 11.8 Å². The van der Waals surface area contributed by atoms with Gasteiger partial charge in [-0.2, -0.15) is 13.2 Å². The molecule has 0 radical (unpaired) electrons. The maximum absolute atomic E-state index is 13.8. The lowest BCUT2D eigenvalue weighted by Crippen LogP contribution is -2.70. The van der Waals surface area contributed by atoms with Crippen LogP contribution in [-0.4, -0.2) is 70.6 Å². The molecule has 2 heterocycles. The van der Waals surface area contributed by atoms with Gasteiger partial charge in [0.25, 0.3) is 0 Å². The molecule has 1 fully saturated rings. The van der Waals surface area contributed by atoms with Crippen LogP contribution in [0.15, 0.2) is 79.1 Å². The number of nitrogens with zero attached hydrogens (tertiary/aromatic N) is 3. The molecular formula is C30H36F3N5O2. The molecule has 1 atom stereocenters. The van der Waals surface area contributed by atoms with E-state index in [4.69, 9.17) is 5.73 Å². The zero-order chi connectivity index (χ0) is 28.6. The Kier molecular flexibility index (Phi) is 9.65. The molecule has 40 heavy (non-hydrogen) atoms. The van der Waals surface area contributed by atoms with Crippen LogP contribution in [-0.2, 0) is 22.6 Å². The number of aromatic nitrogens is 1. The maximum Gasteiger partial charge on any atom is 0.405 e. The number of carbonyl (C=O) groups is 2. The largest absolute Gasteiger partial charge is 0.405 e. The molecule has 10 heteroatoms. The highest BCUT2D eigenvalue weighted by Gasteiger charge is 2.48. The minimum atomic E-state index is -4.52. The second-order valence-electron chi connectivity index (χ2n) is 10.4. The summed E-state index contributed by atoms with van der Waals surface area (Å²) in [5.41, 5.74) is 7.01. The number of carbonyl (C=O) groups excluding carboxylic acids is 2. The fourth-order valence-corrected chi connectivity index (χ4v) is 5.38. The molecule has 4 rings (SSSR count). The average molecular weight is 556 g/mol. The molecule has 2 amide bonds. The SMILES string of the molecule is NC(=O)CCCCN1CCN(Cc2ccn(-c3ccccc3)c2)CC1(Cc1ccccc1)C(=O)NCC(F)(F)F. The lowest BCUT2D eigenvalue weighted by molar-refractivity contribution is -0.150. The molecule has 1 aliphatic heterocycles. The highest BCUT2D eigenvalue weighted by atomic mass is 19.4. The van der Waals surface area contributed by atoms with E-state index in [9.17, 15) is 22.8 Å². The van der Waals surface area contributed by atoms with Gasteiger partial charge >= 0.3 is 6.18 Å². The van der Waals surface area contributed by atoms with E-state index in [0.717, 1.165) is 16.8 Å². The number of nitrogens with two attached hydrogens (primary N) is 1. The Hall–Kier alpha value is -3.63. The number of alkyl halides is 3. The molecule has 2 aromatic carbocycles. The number of primary amides is 1. The number of halogens is 3. The lowest BCUT2D eigenvalue weighted by atomic mass is 9.84. The van der Waals surface area contributed by atoms with Gasteiger partial charge < -0.3 is 15.6 Å². The first-order valence-corrected chi connectivity index (χ1v) is 13.5. The van der Waals surface area contributed by atoms with Crippen LogP contribution in [0.1, 0.15) is 30.4 Å². The number of hydrogen-bond acceptors (Lipinski definition) is 4. The summed E-state index contributed by atoms with van der Waals surface area (Å²) in [5, 5.41) is 2.19. The predicted octanol–water partition coefficient (Wildman–Crippen LogP) is 3.91. The Morgan fingerprint density at radius 3 is 2.30 bits per heavy atom. The monoisotopic (exact) mass is 555 g/mol. The summed E-state index contributed by atoms with van der Waals surface area (Å²) >= 11 is 0. The molecule has 214 valence electrons. The van der Waals surface area contributed by atoms with Crippen molar-refractivity contribution < 1.29 is 22.8 Å². The van der Waals surface area contributed by atoms with Gasteiger partial charge in [0.15, 0.2) is 0 Å². The van der Waals surface area contributed by atoms with Gasteiger partial charge in [-0.05, 0) is 48.7 Å². The van der Waals surface area contributed by atoms with Crippen LogP contribution in [0.3, 0.4) is 0 Å². The van der Waals surface area contributed by atoms with Crippen molar-refractivity contribution in [3.05, 3.63) is 90.3 Å². The smallest absolute Gasteiger partial charge is 0.370 e. The standard InChI is InChI=1S/C30H36F3N5O2/c31-30(32,33)22-35-28(40)29(19-24-9-3-1-4-10-24)23-36(17-18-38(29)15-8-7-13-27(34)39)20-25-14-16-37(21-25)26-11-5-2-6-12-26/h1-6,9-12,14,16,21H,7-8,13,15,17-20,22-23H2,(H2,34,39)(H,35,40). The van der Waals surface area contributed by atoms with Crippen molar-refractivity contribution in [1.29, 1.82) is 0 Å². The minimum absolute atomic E-state index is 0.227. The second-order valence-corrected chi connectivity index (χ2v) is 10.4. The van der Waals surface area contributed by atoms with Gasteiger partial charge in [0, 0.05) is 57.1 Å². The molecule has 3 N–H and O–H groups in total. The average Bonchev–Trinajstić information content (AvgIpc) is 3.39. The van der Waals surface area contributed by atoms with Gasteiger partial charge in [0.05, 0.1) is 0 Å². The van der Waals surface area contributed by atoms with Crippen LogP contribution in [0.5, 0.6) is 0 Å². The van der Waals surface area contributed by atoms with E-state index in [1.54, 1.807) is 0 Å². The van der Waals surface area contributed by atoms with E-state index in [-0.39, 0.29) is 19.4 Å². The first-order valence-electron chi connectivity index (χ1n) is 13.5. The lowest BCUT2D eigenvalue weighted by Gasteiger charge is -2.50. The van der Waals surface area contributed by atoms with Crippen LogP contribution in [0.2, 0.25) is 0 Å². The highest BCUT2D eigenvalue weighted by Crippen LogP contribution is 2.29. The van der Waals surface area contributed by atoms with Crippen molar-refractivity contribution in [2.75, 3.05) is 32.7 Å². The Morgan fingerprint density at radius 1 is 0.925 bits per heavy atom. The Morgan fingerprint density at radius 2 is 1.62 bits per heavy atom. The van der Waals surface area contributed by atoms with Gasteiger partial charge in [-0.25, -0.2) is 0 Å². The predicted molar refractivity (Wildman–Crippen MR) is 148 cm³/mol. The van der Waals surface area contributed by atoms with Gasteiger partial charge in [-0.3, -0.25) is 19.4 Å². The number of hydrogen-bond donors (Lipinski definition) is 2. The molecule has 0 spiro atoms. The van der Waals surface area contributed by atoms with Crippen molar-refractivity contribution >= 4 is 11.8 Å². The third-order valence-corrected chi connectivity index (χ3v) is 7.30. The molecule has 1 unspecified atom stereocenters. The third kappa shape index (κ3) is 7.95. The highest BCUT2D eigenvalue weighted by molar-refractivity contribution is 5.87. The summed E-state index contributed by atoms with van der Waals surface area (Å²) in [6, 6.07) is 21.3. The van der Waals surface area contributed by atoms with E-state index < -0.39 is 30.1 Å². The molecule has 0 saturated carbocycles. The zero-order valence-electron chi connectivity index (χ0n) is 22.4. The normalized spacial score (nSPS) is 18.5. The molecule has 7 nitrogen and oxygen atoms in total. The van der Waals surface area contributed by atoms with Gasteiger partial charge in [-0.1, -0.05) is 48.5 Å². The van der Waals surface area contributed by atoms with Crippen molar-refractivity contribution in [1.82, 2.24) is 19.7 Å². The van der Waals surface area contributed by atoms with Gasteiger partial charge in [-0.15, -0.1) is 0 Å². The maximum atomic E-state index is 13.8. The summed E-state index contributed by atoms with van der Waals surface area (Å²) in [5.74, 6) is -1.04. The minimum Gasteiger partial charge on any atom is -0.370 e. The summed E-state index contributed by atoms with van der Waals surface area (Å²) in [7, 11) is 0. The molecule has 1 saturated heterocycles. The molecule has 3 aromatic rings. The topological polar surface area (TPSA) is 83.6 Å². The summed E-state index contributed by atoms with van der Waals surface area (Å²) in [6.45, 7) is 1.05. The molecule has 1 aromatic heterocycles. The van der Waals surface area contributed by atoms with Crippen LogP contribution in [0, 0.1) is 0 Å². The van der Waals surface area contributed by atoms with E-state index in [2.05, 4.69) is 10.2 Å². The number of para-hydroxylation sites is 1. The second kappa shape index (κ2) is 13.1. The van der Waals surface area contributed by atoms with E-state index in [0.29, 0.717) is 39.0 Å². The van der Waals surface area contributed by atoms with Crippen LogP contribution in [0.4, 0.5) is 13.2 Å².